The van der Waals surface area contributed by atoms with Crippen molar-refractivity contribution in [2.75, 3.05) is 49.1 Å². The number of urea groups is 2. The summed E-state index contributed by atoms with van der Waals surface area (Å²) in [6.45, 7) is 3.02. The largest absolute Gasteiger partial charge is 0.344 e. The molecule has 57 heavy (non-hydrogen) atoms. The van der Waals surface area contributed by atoms with Crippen molar-refractivity contribution >= 4 is 40.9 Å². The van der Waals surface area contributed by atoms with Crippen LogP contribution >= 0.6 is 0 Å². The molecule has 2 saturated heterocycles. The summed E-state index contributed by atoms with van der Waals surface area (Å²) in [5.41, 5.74) is 8.95. The van der Waals surface area contributed by atoms with E-state index in [0.29, 0.717) is 30.9 Å². The highest BCUT2D eigenvalue weighted by atomic mass is 19.3. The minimum absolute atomic E-state index is 0.000175. The first kappa shape index (κ1) is 42.1. The van der Waals surface area contributed by atoms with E-state index in [0.717, 1.165) is 62.3 Å². The molecule has 2 aromatic carbocycles. The Morgan fingerprint density at radius 1 is 0.614 bits per heavy atom. The number of rotatable bonds is 12. The van der Waals surface area contributed by atoms with Crippen LogP contribution in [-0.2, 0) is 17.9 Å². The van der Waals surface area contributed by atoms with Gasteiger partial charge in [-0.2, -0.15) is 8.78 Å². The summed E-state index contributed by atoms with van der Waals surface area (Å²) in [7, 11) is 0. The van der Waals surface area contributed by atoms with Gasteiger partial charge in [-0.1, -0.05) is 36.4 Å². The highest BCUT2D eigenvalue weighted by molar-refractivity contribution is 5.99. The van der Waals surface area contributed by atoms with Crippen molar-refractivity contribution in [3.8, 4) is 0 Å². The molecule has 0 radical (unpaired) electrons. The Balaban J connectivity index is 0.000000221. The van der Waals surface area contributed by atoms with Gasteiger partial charge in [-0.3, -0.25) is 34.2 Å². The lowest BCUT2D eigenvalue weighted by atomic mass is 10.1. The Hall–Kier alpha value is -6.09. The van der Waals surface area contributed by atoms with E-state index in [4.69, 9.17) is 5.73 Å². The summed E-state index contributed by atoms with van der Waals surface area (Å²) >= 11 is 0. The number of alkyl halides is 2. The van der Waals surface area contributed by atoms with Crippen LogP contribution in [0.1, 0.15) is 70.6 Å². The SMILES string of the molecule is NCC(=O)c1ccc(CN(C(=O)N2CCCCC2)c2ccccc2)nc1.O=C(CNC(=O)C(F)F)c1ccc(CN(C(=O)N2CCCCC2)c2ccccc2)nc1. The number of likely N-dealkylation sites (tertiary alicyclic amines) is 2. The third-order valence-electron chi connectivity index (χ3n) is 9.59. The van der Waals surface area contributed by atoms with E-state index in [2.05, 4.69) is 9.97 Å². The van der Waals surface area contributed by atoms with Crippen LogP contribution in [0.4, 0.5) is 29.7 Å². The minimum atomic E-state index is -3.17. The fraction of sp³-hybridized carbons (Fsp3) is 0.357. The van der Waals surface area contributed by atoms with Gasteiger partial charge >= 0.3 is 18.5 Å². The summed E-state index contributed by atoms with van der Waals surface area (Å²) in [6, 6.07) is 25.4. The predicted molar refractivity (Wildman–Crippen MR) is 212 cm³/mol. The maximum Gasteiger partial charge on any atom is 0.324 e. The molecule has 0 spiro atoms. The Bertz CT molecular complexity index is 1920. The zero-order valence-electron chi connectivity index (χ0n) is 31.8. The number of pyridine rings is 2. The molecule has 6 rings (SSSR count). The molecule has 0 bridgehead atoms. The number of ketones is 2. The second-order valence-corrected chi connectivity index (χ2v) is 13.6. The van der Waals surface area contributed by atoms with Gasteiger partial charge in [-0.05, 0) is 87.1 Å². The number of amides is 5. The molecule has 15 heteroatoms. The number of nitrogens with two attached hydrogens (primary N) is 1. The monoisotopic (exact) mass is 782 g/mol. The second-order valence-electron chi connectivity index (χ2n) is 13.6. The van der Waals surface area contributed by atoms with Crippen LogP contribution in [0.2, 0.25) is 0 Å². The first-order valence-corrected chi connectivity index (χ1v) is 19.1. The Morgan fingerprint density at radius 2 is 1.04 bits per heavy atom. The van der Waals surface area contributed by atoms with Gasteiger partial charge in [0.05, 0.1) is 37.6 Å². The summed E-state index contributed by atoms with van der Waals surface area (Å²) in [5, 5.41) is 1.88. The van der Waals surface area contributed by atoms with Crippen LogP contribution in [0.3, 0.4) is 0 Å². The van der Waals surface area contributed by atoms with Gasteiger partial charge in [0.25, 0.3) is 5.91 Å². The van der Waals surface area contributed by atoms with Crippen LogP contribution < -0.4 is 20.9 Å². The number of nitrogens with zero attached hydrogens (tertiary/aromatic N) is 6. The molecule has 13 nitrogen and oxygen atoms in total. The molecule has 0 saturated carbocycles. The molecule has 0 atom stereocenters. The normalized spacial score (nSPS) is 13.9. The summed E-state index contributed by atoms with van der Waals surface area (Å²) in [5.74, 6) is -2.17. The second kappa shape index (κ2) is 21.3. The van der Waals surface area contributed by atoms with Gasteiger partial charge in [0.2, 0.25) is 0 Å². The molecule has 5 amide bonds. The summed E-state index contributed by atoms with van der Waals surface area (Å²) < 4.78 is 24.4. The number of halogens is 2. The fourth-order valence-corrected chi connectivity index (χ4v) is 6.42. The maximum absolute atomic E-state index is 13.2. The molecule has 300 valence electrons. The third kappa shape index (κ3) is 12.2. The van der Waals surface area contributed by atoms with Crippen molar-refractivity contribution in [2.45, 2.75) is 58.0 Å². The number of benzene rings is 2. The molecule has 2 aliphatic heterocycles. The number of piperidine rings is 2. The van der Waals surface area contributed by atoms with E-state index in [9.17, 15) is 32.8 Å². The minimum Gasteiger partial charge on any atom is -0.344 e. The van der Waals surface area contributed by atoms with Gasteiger partial charge in [0.1, 0.15) is 0 Å². The van der Waals surface area contributed by atoms with Gasteiger partial charge < -0.3 is 20.9 Å². The number of hydrogen-bond acceptors (Lipinski definition) is 8. The number of carbonyl (C=O) groups is 5. The number of para-hydroxylation sites is 2. The Kier molecular flexibility index (Phi) is 15.7. The van der Waals surface area contributed by atoms with Crippen LogP contribution in [0.25, 0.3) is 0 Å². The van der Waals surface area contributed by atoms with E-state index in [1.54, 1.807) is 28.0 Å². The van der Waals surface area contributed by atoms with Crippen LogP contribution in [0.5, 0.6) is 0 Å². The zero-order valence-corrected chi connectivity index (χ0v) is 31.8. The van der Waals surface area contributed by atoms with Crippen molar-refractivity contribution in [3.63, 3.8) is 0 Å². The average molecular weight is 783 g/mol. The van der Waals surface area contributed by atoms with Gasteiger partial charge in [0, 0.05) is 61.1 Å². The molecule has 2 fully saturated rings. The van der Waals surface area contributed by atoms with Crippen LogP contribution in [-0.4, -0.2) is 95.0 Å². The molecule has 4 heterocycles. The maximum atomic E-state index is 13.2. The zero-order chi connectivity index (χ0) is 40.6. The van der Waals surface area contributed by atoms with Crippen molar-refractivity contribution in [2.24, 2.45) is 5.73 Å². The third-order valence-corrected chi connectivity index (χ3v) is 9.59. The molecule has 2 aliphatic rings. The number of hydrogen-bond donors (Lipinski definition) is 2. The standard InChI is InChI=1S/C22H24F2N4O3.C20H24N4O2/c23-20(24)21(30)26-14-19(29)16-9-10-17(25-13-16)15-28(18-7-3-1-4-8-18)22(31)27-11-5-2-6-12-27;21-13-19(25)16-9-10-17(22-14-16)15-24(18-7-3-1-4-8-18)20(26)23-11-5-2-6-12-23/h1,3-4,7-10,13,20H,2,5-6,11-12,14-15H2,(H,26,30);1,3-4,7-10,14H,2,5-6,11-13,15,21H2. The van der Waals surface area contributed by atoms with E-state index in [1.165, 1.54) is 24.9 Å². The van der Waals surface area contributed by atoms with E-state index in [1.807, 2.05) is 75.8 Å². The molecular weight excluding hydrogens is 735 g/mol. The number of aromatic nitrogens is 2. The van der Waals surface area contributed by atoms with Gasteiger partial charge in [-0.15, -0.1) is 0 Å². The van der Waals surface area contributed by atoms with Crippen LogP contribution in [0.15, 0.2) is 97.3 Å². The number of carbonyl (C=O) groups excluding carboxylic acids is 5. The molecule has 0 unspecified atom stereocenters. The molecule has 0 aliphatic carbocycles. The summed E-state index contributed by atoms with van der Waals surface area (Å²) in [4.78, 5) is 76.6. The lowest BCUT2D eigenvalue weighted by Gasteiger charge is -2.33. The van der Waals surface area contributed by atoms with Crippen molar-refractivity contribution in [1.82, 2.24) is 25.1 Å². The number of nitrogens with one attached hydrogen (secondary N) is 1. The summed E-state index contributed by atoms with van der Waals surface area (Å²) in [6.07, 6.45) is 6.01. The van der Waals surface area contributed by atoms with Crippen molar-refractivity contribution < 1.29 is 32.8 Å². The van der Waals surface area contributed by atoms with E-state index >= 15 is 0 Å². The Labute approximate surface area is 330 Å². The molecule has 4 aromatic rings. The quantitative estimate of drug-likeness (QED) is 0.163. The van der Waals surface area contributed by atoms with Crippen LogP contribution in [0, 0.1) is 0 Å². The van der Waals surface area contributed by atoms with Gasteiger partial charge in [0.15, 0.2) is 11.6 Å². The van der Waals surface area contributed by atoms with Crippen molar-refractivity contribution in [1.29, 1.82) is 0 Å². The van der Waals surface area contributed by atoms with Gasteiger partial charge in [-0.25, -0.2) is 9.59 Å². The first-order chi connectivity index (χ1) is 27.6. The van der Waals surface area contributed by atoms with E-state index < -0.39 is 24.7 Å². The molecular formula is C42H48F2N8O5. The fourth-order valence-electron chi connectivity index (χ4n) is 6.42. The van der Waals surface area contributed by atoms with E-state index in [-0.39, 0.29) is 36.5 Å². The highest BCUT2D eigenvalue weighted by Crippen LogP contribution is 2.22. The Morgan fingerprint density at radius 3 is 1.40 bits per heavy atom. The molecule has 2 aromatic heterocycles. The molecule has 3 N–H and O–H groups in total. The number of anilines is 2. The lowest BCUT2D eigenvalue weighted by Crippen LogP contribution is -2.45. The highest BCUT2D eigenvalue weighted by Gasteiger charge is 2.26. The predicted octanol–water partition coefficient (Wildman–Crippen LogP) is 6.09. The topological polar surface area (TPSA) is 162 Å². The first-order valence-electron chi connectivity index (χ1n) is 19.1. The smallest absolute Gasteiger partial charge is 0.324 e. The average Bonchev–Trinajstić information content (AvgIpc) is 3.27. The van der Waals surface area contributed by atoms with Crippen molar-refractivity contribution in [3.05, 3.63) is 120 Å². The number of Topliss-reactive ketones (excluding diaryl/α,β-unsaturated/α-hetero) is 2. The lowest BCUT2D eigenvalue weighted by molar-refractivity contribution is -0.131.